The third kappa shape index (κ3) is 4.06. The first-order valence-corrected chi connectivity index (χ1v) is 8.52. The number of carbonyl (C=O) groups excluding carboxylic acids is 2. The summed E-state index contributed by atoms with van der Waals surface area (Å²) in [7, 11) is 0. The van der Waals surface area contributed by atoms with Crippen molar-refractivity contribution >= 4 is 17.5 Å². The number of para-hydroxylation sites is 1. The van der Waals surface area contributed by atoms with E-state index in [-0.39, 0.29) is 18.4 Å². The van der Waals surface area contributed by atoms with Crippen LogP contribution in [0.25, 0.3) is 0 Å². The van der Waals surface area contributed by atoms with Crippen LogP contribution >= 0.6 is 0 Å². The van der Waals surface area contributed by atoms with Gasteiger partial charge in [0, 0.05) is 16.8 Å². The molecule has 0 saturated heterocycles. The molecule has 2 amide bonds. The van der Waals surface area contributed by atoms with Gasteiger partial charge in [0.2, 0.25) is 0 Å². The second kappa shape index (κ2) is 7.49. The Hall–Kier alpha value is -2.66. The summed E-state index contributed by atoms with van der Waals surface area (Å²) < 4.78 is 0. The first-order valence-electron chi connectivity index (χ1n) is 8.52. The van der Waals surface area contributed by atoms with E-state index < -0.39 is 5.54 Å². The van der Waals surface area contributed by atoms with Crippen molar-refractivity contribution in [2.75, 3.05) is 11.9 Å². The Labute approximate surface area is 147 Å². The molecule has 0 radical (unpaired) electrons. The molecule has 2 aromatic carbocycles. The first-order chi connectivity index (χ1) is 12.1. The molecule has 1 aliphatic rings. The van der Waals surface area contributed by atoms with Gasteiger partial charge in [0.05, 0.1) is 12.1 Å². The van der Waals surface area contributed by atoms with Crippen molar-refractivity contribution in [2.45, 2.75) is 31.2 Å². The van der Waals surface area contributed by atoms with Crippen LogP contribution in [0.1, 0.15) is 46.4 Å². The van der Waals surface area contributed by atoms with E-state index in [4.69, 9.17) is 0 Å². The van der Waals surface area contributed by atoms with Crippen LogP contribution in [0.4, 0.5) is 5.69 Å². The molecule has 1 saturated carbocycles. The molecule has 2 aromatic rings. The zero-order chi connectivity index (χ0) is 17.7. The fraction of sp³-hybridized carbons (Fsp3) is 0.300. The largest absolute Gasteiger partial charge is 0.394 e. The summed E-state index contributed by atoms with van der Waals surface area (Å²) in [5.41, 5.74) is 1.19. The summed E-state index contributed by atoms with van der Waals surface area (Å²) >= 11 is 0. The highest BCUT2D eigenvalue weighted by molar-refractivity contribution is 6.05. The van der Waals surface area contributed by atoms with E-state index in [2.05, 4.69) is 10.6 Å². The third-order valence-electron chi connectivity index (χ3n) is 4.68. The van der Waals surface area contributed by atoms with Gasteiger partial charge in [-0.15, -0.1) is 0 Å². The monoisotopic (exact) mass is 338 g/mol. The molecule has 0 spiro atoms. The molecule has 25 heavy (non-hydrogen) atoms. The molecule has 0 unspecified atom stereocenters. The van der Waals surface area contributed by atoms with E-state index in [0.29, 0.717) is 11.1 Å². The highest BCUT2D eigenvalue weighted by atomic mass is 16.3. The lowest BCUT2D eigenvalue weighted by atomic mass is 9.98. The molecule has 0 atom stereocenters. The molecular formula is C20H22N2O3. The Balaban J connectivity index is 1.65. The second-order valence-electron chi connectivity index (χ2n) is 6.50. The molecule has 0 aliphatic heterocycles. The van der Waals surface area contributed by atoms with Gasteiger partial charge in [-0.2, -0.15) is 0 Å². The maximum atomic E-state index is 12.4. The first kappa shape index (κ1) is 17.2. The normalized spacial score (nSPS) is 15.6. The summed E-state index contributed by atoms with van der Waals surface area (Å²) in [5, 5.41) is 15.4. The van der Waals surface area contributed by atoms with Crippen LogP contribution < -0.4 is 10.6 Å². The molecule has 5 nitrogen and oxygen atoms in total. The van der Waals surface area contributed by atoms with Gasteiger partial charge in [-0.1, -0.05) is 31.0 Å². The third-order valence-corrected chi connectivity index (χ3v) is 4.68. The van der Waals surface area contributed by atoms with Gasteiger partial charge in [-0.05, 0) is 49.2 Å². The minimum Gasteiger partial charge on any atom is -0.394 e. The number of amides is 2. The number of aliphatic hydroxyl groups is 1. The summed E-state index contributed by atoms with van der Waals surface area (Å²) in [6.45, 7) is -0.0453. The smallest absolute Gasteiger partial charge is 0.255 e. The highest BCUT2D eigenvalue weighted by Crippen LogP contribution is 2.29. The molecule has 1 fully saturated rings. The topological polar surface area (TPSA) is 78.4 Å². The number of aliphatic hydroxyl groups excluding tert-OH is 1. The van der Waals surface area contributed by atoms with Crippen LogP contribution in [-0.2, 0) is 0 Å². The minimum absolute atomic E-state index is 0.0453. The summed E-state index contributed by atoms with van der Waals surface area (Å²) in [6.07, 6.45) is 3.62. The zero-order valence-corrected chi connectivity index (χ0v) is 14.0. The van der Waals surface area contributed by atoms with E-state index in [0.717, 1.165) is 31.4 Å². The van der Waals surface area contributed by atoms with Crippen molar-refractivity contribution in [1.29, 1.82) is 0 Å². The molecule has 1 aliphatic carbocycles. The van der Waals surface area contributed by atoms with Crippen LogP contribution in [-0.4, -0.2) is 29.1 Å². The van der Waals surface area contributed by atoms with Crippen LogP contribution in [0.15, 0.2) is 54.6 Å². The Morgan fingerprint density at radius 1 is 0.880 bits per heavy atom. The number of hydrogen-bond donors (Lipinski definition) is 3. The summed E-state index contributed by atoms with van der Waals surface area (Å²) in [5.74, 6) is -0.438. The average Bonchev–Trinajstić information content (AvgIpc) is 3.11. The SMILES string of the molecule is O=C(Nc1ccccc1)c1ccc(C(=O)NC2(CO)CCCC2)cc1. The summed E-state index contributed by atoms with van der Waals surface area (Å²) in [4.78, 5) is 24.6. The van der Waals surface area contributed by atoms with Crippen molar-refractivity contribution in [2.24, 2.45) is 0 Å². The number of benzene rings is 2. The molecule has 130 valence electrons. The van der Waals surface area contributed by atoms with Crippen molar-refractivity contribution in [3.8, 4) is 0 Å². The lowest BCUT2D eigenvalue weighted by Crippen LogP contribution is -2.49. The van der Waals surface area contributed by atoms with E-state index in [1.807, 2.05) is 30.3 Å². The molecule has 3 N–H and O–H groups in total. The predicted octanol–water partition coefficient (Wildman–Crippen LogP) is 2.97. The number of carbonyl (C=O) groups is 2. The quantitative estimate of drug-likeness (QED) is 0.784. The fourth-order valence-electron chi connectivity index (χ4n) is 3.19. The van der Waals surface area contributed by atoms with Crippen molar-refractivity contribution in [1.82, 2.24) is 5.32 Å². The van der Waals surface area contributed by atoms with Crippen molar-refractivity contribution in [3.63, 3.8) is 0 Å². The van der Waals surface area contributed by atoms with Crippen molar-refractivity contribution in [3.05, 3.63) is 65.7 Å². The molecule has 0 bridgehead atoms. The van der Waals surface area contributed by atoms with Gasteiger partial charge >= 0.3 is 0 Å². The van der Waals surface area contributed by atoms with E-state index in [9.17, 15) is 14.7 Å². The van der Waals surface area contributed by atoms with E-state index >= 15 is 0 Å². The average molecular weight is 338 g/mol. The van der Waals surface area contributed by atoms with Gasteiger partial charge in [-0.3, -0.25) is 9.59 Å². The summed E-state index contributed by atoms with van der Waals surface area (Å²) in [6, 6.07) is 15.7. The standard InChI is InChI=1S/C20H22N2O3/c23-14-20(12-4-5-13-20)22-19(25)16-10-8-15(9-11-16)18(24)21-17-6-2-1-3-7-17/h1-3,6-11,23H,4-5,12-14H2,(H,21,24)(H,22,25). The Kier molecular flexibility index (Phi) is 5.14. The second-order valence-corrected chi connectivity index (χ2v) is 6.50. The molecule has 5 heteroatoms. The maximum absolute atomic E-state index is 12.4. The predicted molar refractivity (Wildman–Crippen MR) is 96.6 cm³/mol. The number of anilines is 1. The molecular weight excluding hydrogens is 316 g/mol. The fourth-order valence-corrected chi connectivity index (χ4v) is 3.19. The number of hydrogen-bond acceptors (Lipinski definition) is 3. The Morgan fingerprint density at radius 2 is 1.44 bits per heavy atom. The molecule has 0 aromatic heterocycles. The molecule has 0 heterocycles. The van der Waals surface area contributed by atoms with Gasteiger partial charge < -0.3 is 15.7 Å². The minimum atomic E-state index is -0.500. The van der Waals surface area contributed by atoms with E-state index in [1.165, 1.54) is 0 Å². The Morgan fingerprint density at radius 3 is 2.00 bits per heavy atom. The van der Waals surface area contributed by atoms with E-state index in [1.54, 1.807) is 24.3 Å². The van der Waals surface area contributed by atoms with Gasteiger partial charge in [-0.25, -0.2) is 0 Å². The van der Waals surface area contributed by atoms with Gasteiger partial charge in [0.25, 0.3) is 11.8 Å². The zero-order valence-electron chi connectivity index (χ0n) is 14.0. The number of rotatable bonds is 5. The molecule has 3 rings (SSSR count). The van der Waals surface area contributed by atoms with Crippen LogP contribution in [0.2, 0.25) is 0 Å². The van der Waals surface area contributed by atoms with Crippen molar-refractivity contribution < 1.29 is 14.7 Å². The maximum Gasteiger partial charge on any atom is 0.255 e. The Bertz CT molecular complexity index is 735. The van der Waals surface area contributed by atoms with Gasteiger partial charge in [0.15, 0.2) is 0 Å². The number of nitrogens with one attached hydrogen (secondary N) is 2. The lowest BCUT2D eigenvalue weighted by Gasteiger charge is -2.28. The van der Waals surface area contributed by atoms with Crippen LogP contribution in [0.5, 0.6) is 0 Å². The lowest BCUT2D eigenvalue weighted by molar-refractivity contribution is 0.0838. The van der Waals surface area contributed by atoms with Crippen LogP contribution in [0, 0.1) is 0 Å². The van der Waals surface area contributed by atoms with Gasteiger partial charge in [0.1, 0.15) is 0 Å². The highest BCUT2D eigenvalue weighted by Gasteiger charge is 2.34. The van der Waals surface area contributed by atoms with Crippen LogP contribution in [0.3, 0.4) is 0 Å².